The molecule has 1 saturated heterocycles. The first-order valence-electron chi connectivity index (χ1n) is 6.54. The molecule has 1 aliphatic rings. The summed E-state index contributed by atoms with van der Waals surface area (Å²) in [5.41, 5.74) is 0.392. The molecule has 0 saturated carbocycles. The number of hydrogen-bond acceptors (Lipinski definition) is 6. The smallest absolute Gasteiger partial charge is 0.273 e. The van der Waals surface area contributed by atoms with Crippen molar-refractivity contribution in [2.75, 3.05) is 31.5 Å². The predicted octanol–water partition coefficient (Wildman–Crippen LogP) is 1.50. The van der Waals surface area contributed by atoms with Gasteiger partial charge in [-0.15, -0.1) is 22.7 Å². The van der Waals surface area contributed by atoms with Crippen LogP contribution in [0.5, 0.6) is 0 Å². The highest BCUT2D eigenvalue weighted by Gasteiger charge is 2.21. The lowest BCUT2D eigenvalue weighted by atomic mass is 10.3. The Morgan fingerprint density at radius 3 is 2.81 bits per heavy atom. The Hall–Kier alpha value is -1.77. The molecular weight excluding hydrogens is 308 g/mol. The summed E-state index contributed by atoms with van der Waals surface area (Å²) in [6.45, 7) is 2.98. The summed E-state index contributed by atoms with van der Waals surface area (Å²) in [5, 5.41) is 9.90. The van der Waals surface area contributed by atoms with Crippen LogP contribution in [0, 0.1) is 0 Å². The number of rotatable bonds is 3. The predicted molar refractivity (Wildman–Crippen MR) is 83.2 cm³/mol. The molecule has 8 heteroatoms. The van der Waals surface area contributed by atoms with Gasteiger partial charge in [-0.25, -0.2) is 4.98 Å². The summed E-state index contributed by atoms with van der Waals surface area (Å²) in [6.07, 6.45) is 0. The number of hydrogen-bond donors (Lipinski definition) is 2. The molecule has 0 spiro atoms. The molecular formula is C13H14N4O2S2. The molecule has 0 unspecified atom stereocenters. The van der Waals surface area contributed by atoms with Gasteiger partial charge >= 0.3 is 0 Å². The molecule has 2 N–H and O–H groups in total. The highest BCUT2D eigenvalue weighted by atomic mass is 32.1. The quantitative estimate of drug-likeness (QED) is 0.898. The van der Waals surface area contributed by atoms with Crippen molar-refractivity contribution in [3.8, 4) is 0 Å². The minimum atomic E-state index is -0.194. The van der Waals surface area contributed by atoms with Crippen molar-refractivity contribution in [3.63, 3.8) is 0 Å². The van der Waals surface area contributed by atoms with Crippen molar-refractivity contribution in [3.05, 3.63) is 33.5 Å². The van der Waals surface area contributed by atoms with E-state index >= 15 is 0 Å². The molecule has 2 aromatic heterocycles. The van der Waals surface area contributed by atoms with Gasteiger partial charge in [-0.05, 0) is 11.4 Å². The third-order valence-corrected chi connectivity index (χ3v) is 4.72. The Bertz CT molecular complexity index is 632. The van der Waals surface area contributed by atoms with Crippen LogP contribution in [-0.2, 0) is 0 Å². The number of thiophene rings is 1. The van der Waals surface area contributed by atoms with E-state index in [9.17, 15) is 9.59 Å². The minimum Gasteiger partial charge on any atom is -0.335 e. The summed E-state index contributed by atoms with van der Waals surface area (Å²) >= 11 is 2.63. The van der Waals surface area contributed by atoms with Crippen LogP contribution < -0.4 is 10.6 Å². The number of nitrogens with one attached hydrogen (secondary N) is 2. The standard InChI is InChI=1S/C13H14N4O2S2/c18-11(10-2-1-7-20-10)16-13-15-9(8-21-13)12(19)17-5-3-14-4-6-17/h1-2,7-8,14H,3-6H2,(H,15,16,18). The van der Waals surface area contributed by atoms with Crippen LogP contribution in [0.1, 0.15) is 20.2 Å². The van der Waals surface area contributed by atoms with Gasteiger partial charge in [-0.1, -0.05) is 6.07 Å². The summed E-state index contributed by atoms with van der Waals surface area (Å²) in [6, 6.07) is 3.57. The fraction of sp³-hybridized carbons (Fsp3) is 0.308. The average Bonchev–Trinajstić information content (AvgIpc) is 3.19. The van der Waals surface area contributed by atoms with Crippen LogP contribution in [0.3, 0.4) is 0 Å². The van der Waals surface area contributed by atoms with E-state index in [-0.39, 0.29) is 11.8 Å². The normalized spacial score (nSPS) is 15.0. The number of aromatic nitrogens is 1. The van der Waals surface area contributed by atoms with Crippen LogP contribution in [0.25, 0.3) is 0 Å². The topological polar surface area (TPSA) is 74.3 Å². The molecule has 2 amide bonds. The van der Waals surface area contributed by atoms with E-state index in [0.29, 0.717) is 28.8 Å². The number of nitrogens with zero attached hydrogens (tertiary/aromatic N) is 2. The monoisotopic (exact) mass is 322 g/mol. The van der Waals surface area contributed by atoms with Crippen LogP contribution in [-0.4, -0.2) is 47.9 Å². The molecule has 21 heavy (non-hydrogen) atoms. The molecule has 0 bridgehead atoms. The van der Waals surface area contributed by atoms with Crippen molar-refractivity contribution in [2.24, 2.45) is 0 Å². The van der Waals surface area contributed by atoms with Crippen LogP contribution in [0.2, 0.25) is 0 Å². The highest BCUT2D eigenvalue weighted by Crippen LogP contribution is 2.19. The van der Waals surface area contributed by atoms with Crippen molar-refractivity contribution in [1.29, 1.82) is 0 Å². The van der Waals surface area contributed by atoms with Gasteiger partial charge in [-0.2, -0.15) is 0 Å². The number of amides is 2. The van der Waals surface area contributed by atoms with Crippen molar-refractivity contribution < 1.29 is 9.59 Å². The van der Waals surface area contributed by atoms with Crippen molar-refractivity contribution in [2.45, 2.75) is 0 Å². The van der Waals surface area contributed by atoms with E-state index in [1.807, 2.05) is 11.4 Å². The zero-order chi connectivity index (χ0) is 14.7. The second-order valence-electron chi connectivity index (χ2n) is 4.51. The first kappa shape index (κ1) is 14.2. The molecule has 110 valence electrons. The Kier molecular flexibility index (Phi) is 4.28. The van der Waals surface area contributed by atoms with Gasteiger partial charge in [0.05, 0.1) is 4.88 Å². The van der Waals surface area contributed by atoms with Gasteiger partial charge in [0, 0.05) is 31.6 Å². The molecule has 0 atom stereocenters. The molecule has 1 aliphatic heterocycles. The Morgan fingerprint density at radius 2 is 2.10 bits per heavy atom. The van der Waals surface area contributed by atoms with Crippen molar-refractivity contribution >= 4 is 39.6 Å². The lowest BCUT2D eigenvalue weighted by molar-refractivity contribution is 0.0730. The van der Waals surface area contributed by atoms with Gasteiger partial charge < -0.3 is 10.2 Å². The Labute approximate surface area is 129 Å². The first-order valence-corrected chi connectivity index (χ1v) is 8.30. The highest BCUT2D eigenvalue weighted by molar-refractivity contribution is 7.14. The molecule has 2 aromatic rings. The zero-order valence-corrected chi connectivity index (χ0v) is 12.8. The average molecular weight is 322 g/mol. The fourth-order valence-corrected chi connectivity index (χ4v) is 3.32. The molecule has 3 rings (SSSR count). The molecule has 0 radical (unpaired) electrons. The maximum atomic E-state index is 12.3. The van der Waals surface area contributed by atoms with Crippen LogP contribution >= 0.6 is 22.7 Å². The van der Waals surface area contributed by atoms with Crippen molar-refractivity contribution in [1.82, 2.24) is 15.2 Å². The van der Waals surface area contributed by atoms with Gasteiger partial charge in [0.1, 0.15) is 5.69 Å². The fourth-order valence-electron chi connectivity index (χ4n) is 2.03. The maximum Gasteiger partial charge on any atom is 0.273 e. The number of piperazine rings is 1. The maximum absolute atomic E-state index is 12.3. The number of anilines is 1. The number of carbonyl (C=O) groups excluding carboxylic acids is 2. The molecule has 6 nitrogen and oxygen atoms in total. The summed E-state index contributed by atoms with van der Waals surface area (Å²) in [5.74, 6) is -0.273. The zero-order valence-electron chi connectivity index (χ0n) is 11.2. The Balaban J connectivity index is 1.65. The summed E-state index contributed by atoms with van der Waals surface area (Å²) < 4.78 is 0. The van der Waals surface area contributed by atoms with E-state index in [1.54, 1.807) is 16.3 Å². The van der Waals surface area contributed by atoms with Crippen LogP contribution in [0.4, 0.5) is 5.13 Å². The Morgan fingerprint density at radius 1 is 1.29 bits per heavy atom. The molecule has 3 heterocycles. The van der Waals surface area contributed by atoms with Gasteiger partial charge in [0.15, 0.2) is 5.13 Å². The molecule has 0 aliphatic carbocycles. The molecule has 1 fully saturated rings. The second-order valence-corrected chi connectivity index (χ2v) is 6.32. The SMILES string of the molecule is O=C(Nc1nc(C(=O)N2CCNCC2)cs1)c1cccs1. The summed E-state index contributed by atoms with van der Waals surface area (Å²) in [4.78, 5) is 30.8. The largest absolute Gasteiger partial charge is 0.335 e. The van der Waals surface area contributed by atoms with E-state index in [1.165, 1.54) is 22.7 Å². The summed E-state index contributed by atoms with van der Waals surface area (Å²) in [7, 11) is 0. The lowest BCUT2D eigenvalue weighted by Crippen LogP contribution is -2.46. The lowest BCUT2D eigenvalue weighted by Gasteiger charge is -2.26. The third kappa shape index (κ3) is 3.29. The molecule has 0 aromatic carbocycles. The minimum absolute atomic E-state index is 0.0793. The number of carbonyl (C=O) groups is 2. The van der Waals surface area contributed by atoms with E-state index < -0.39 is 0 Å². The van der Waals surface area contributed by atoms with E-state index in [0.717, 1.165) is 13.1 Å². The van der Waals surface area contributed by atoms with E-state index in [2.05, 4.69) is 15.6 Å². The van der Waals surface area contributed by atoms with Gasteiger partial charge in [-0.3, -0.25) is 14.9 Å². The second kappa shape index (κ2) is 6.33. The first-order chi connectivity index (χ1) is 10.2. The van der Waals surface area contributed by atoms with Gasteiger partial charge in [0.2, 0.25) is 0 Å². The van der Waals surface area contributed by atoms with Gasteiger partial charge in [0.25, 0.3) is 11.8 Å². The van der Waals surface area contributed by atoms with Crippen LogP contribution in [0.15, 0.2) is 22.9 Å². The number of thiazole rings is 1. The third-order valence-electron chi connectivity index (χ3n) is 3.09. The van der Waals surface area contributed by atoms with E-state index in [4.69, 9.17) is 0 Å².